The molecule has 0 saturated heterocycles. The zero-order chi connectivity index (χ0) is 70.9. The molecule has 7 atom stereocenters. The number of aliphatic hydroxyl groups excluding tert-OH is 1. The fourth-order valence-corrected chi connectivity index (χ4v) is 13.3. The van der Waals surface area contributed by atoms with E-state index in [2.05, 4.69) is 48.5 Å². The van der Waals surface area contributed by atoms with Crippen molar-refractivity contribution in [1.82, 2.24) is 0 Å². The summed E-state index contributed by atoms with van der Waals surface area (Å²) in [5.41, 5.74) is 0. The molecular weight excluding hydrogens is 1260 g/mol. The highest BCUT2D eigenvalue weighted by atomic mass is 31.2. The van der Waals surface area contributed by atoms with Gasteiger partial charge in [-0.25, -0.2) is 9.13 Å². The molecule has 0 aliphatic carbocycles. The Morgan fingerprint density at radius 2 is 0.531 bits per heavy atom. The molecule has 0 heterocycles. The van der Waals surface area contributed by atoms with E-state index in [1.54, 1.807) is 0 Å². The highest BCUT2D eigenvalue weighted by Gasteiger charge is 2.30. The van der Waals surface area contributed by atoms with Crippen LogP contribution in [0.1, 0.15) is 395 Å². The Balaban J connectivity index is 5.28. The first-order chi connectivity index (χ1) is 46.3. The van der Waals surface area contributed by atoms with E-state index in [0.29, 0.717) is 25.7 Å². The Kier molecular flexibility index (Phi) is 66.2. The summed E-state index contributed by atoms with van der Waals surface area (Å²) >= 11 is 0. The maximum absolute atomic E-state index is 13.1. The van der Waals surface area contributed by atoms with E-state index < -0.39 is 97.5 Å². The van der Waals surface area contributed by atoms with Crippen LogP contribution in [-0.4, -0.2) is 96.7 Å². The van der Waals surface area contributed by atoms with Crippen molar-refractivity contribution in [3.63, 3.8) is 0 Å². The highest BCUT2D eigenvalue weighted by molar-refractivity contribution is 7.47. The second-order valence-corrected chi connectivity index (χ2v) is 31.6. The van der Waals surface area contributed by atoms with Crippen LogP contribution in [0.2, 0.25) is 0 Å². The molecule has 0 fully saturated rings. The van der Waals surface area contributed by atoms with Gasteiger partial charge in [-0.15, -0.1) is 0 Å². The molecule has 0 saturated carbocycles. The van der Waals surface area contributed by atoms with Crippen LogP contribution in [0.5, 0.6) is 0 Å². The molecule has 3 N–H and O–H groups in total. The van der Waals surface area contributed by atoms with Gasteiger partial charge in [-0.2, -0.15) is 0 Å². The largest absolute Gasteiger partial charge is 0.472 e. The summed E-state index contributed by atoms with van der Waals surface area (Å²) in [6.07, 6.45) is 53.9. The second-order valence-electron chi connectivity index (χ2n) is 28.7. The van der Waals surface area contributed by atoms with Gasteiger partial charge in [0.2, 0.25) is 0 Å². The van der Waals surface area contributed by atoms with Gasteiger partial charge in [-0.1, -0.05) is 344 Å². The number of phosphoric acid groups is 2. The van der Waals surface area contributed by atoms with Crippen molar-refractivity contribution in [1.29, 1.82) is 0 Å². The van der Waals surface area contributed by atoms with Crippen LogP contribution in [-0.2, 0) is 65.4 Å². The van der Waals surface area contributed by atoms with Gasteiger partial charge in [0, 0.05) is 25.7 Å². The van der Waals surface area contributed by atoms with Crippen LogP contribution < -0.4 is 0 Å². The topological polar surface area (TPSA) is 237 Å². The lowest BCUT2D eigenvalue weighted by molar-refractivity contribution is -0.161. The van der Waals surface area contributed by atoms with Gasteiger partial charge in [0.25, 0.3) is 0 Å². The summed E-state index contributed by atoms with van der Waals surface area (Å²) in [5, 5.41) is 10.6. The molecule has 0 aromatic carbocycles. The highest BCUT2D eigenvalue weighted by Crippen LogP contribution is 2.45. The normalized spacial score (nSPS) is 14.6. The molecule has 0 bridgehead atoms. The third-order valence-corrected chi connectivity index (χ3v) is 20.5. The van der Waals surface area contributed by atoms with E-state index >= 15 is 0 Å². The van der Waals surface area contributed by atoms with Crippen molar-refractivity contribution >= 4 is 39.5 Å². The second kappa shape index (κ2) is 67.5. The summed E-state index contributed by atoms with van der Waals surface area (Å²) in [7, 11) is -9.92. The maximum Gasteiger partial charge on any atom is 0.472 e. The predicted molar refractivity (Wildman–Crippen MR) is 391 cm³/mol. The smallest absolute Gasteiger partial charge is 0.462 e. The number of aliphatic hydroxyl groups is 1. The molecule has 0 aliphatic heterocycles. The summed E-state index contributed by atoms with van der Waals surface area (Å²) in [5.74, 6) is 0.241. The Bertz CT molecular complexity index is 1870. The molecular formula is C77H150O17P2. The SMILES string of the molecule is CCCCCCCCCCCCCCCCCCC(=O)O[C@H](COC(=O)CCCCCCCCCCCCC(C)CC)COP(=O)(O)OC[C@@H](O)COP(=O)(O)OC[C@@H](COC(=O)CCCCCCCCCCCC(C)C)OC(=O)CCCCCCCCCCCCC(C)CC. The molecule has 17 nitrogen and oxygen atoms in total. The van der Waals surface area contributed by atoms with E-state index in [4.69, 9.17) is 37.0 Å². The first-order valence-corrected chi connectivity index (χ1v) is 42.9. The van der Waals surface area contributed by atoms with Crippen LogP contribution in [0.15, 0.2) is 0 Å². The predicted octanol–water partition coefficient (Wildman–Crippen LogP) is 22.6. The van der Waals surface area contributed by atoms with Crippen LogP contribution >= 0.6 is 15.6 Å². The lowest BCUT2D eigenvalue weighted by atomic mass is 9.99. The molecule has 0 aliphatic rings. The van der Waals surface area contributed by atoms with Crippen LogP contribution in [0, 0.1) is 17.8 Å². The summed E-state index contributed by atoms with van der Waals surface area (Å²) in [6, 6.07) is 0. The van der Waals surface area contributed by atoms with Crippen molar-refractivity contribution in [3.05, 3.63) is 0 Å². The van der Waals surface area contributed by atoms with Gasteiger partial charge >= 0.3 is 39.5 Å². The monoisotopic (exact) mass is 1410 g/mol. The third-order valence-electron chi connectivity index (χ3n) is 18.6. The quantitative estimate of drug-likeness (QED) is 0.0222. The minimum Gasteiger partial charge on any atom is -0.462 e. The molecule has 96 heavy (non-hydrogen) atoms. The Labute approximate surface area is 588 Å². The fourth-order valence-electron chi connectivity index (χ4n) is 11.7. The molecule has 0 amide bonds. The average molecular weight is 1410 g/mol. The van der Waals surface area contributed by atoms with Crippen molar-refractivity contribution in [3.8, 4) is 0 Å². The first kappa shape index (κ1) is 94.1. The molecule has 0 aromatic heterocycles. The van der Waals surface area contributed by atoms with Crippen LogP contribution in [0.4, 0.5) is 0 Å². The lowest BCUT2D eigenvalue weighted by Gasteiger charge is -2.21. The van der Waals surface area contributed by atoms with E-state index in [1.807, 2.05) is 0 Å². The number of phosphoric ester groups is 2. The number of carbonyl (C=O) groups is 4. The van der Waals surface area contributed by atoms with Gasteiger partial charge in [-0.05, 0) is 43.4 Å². The minimum absolute atomic E-state index is 0.106. The average Bonchev–Trinajstić information content (AvgIpc) is 1.87. The third kappa shape index (κ3) is 67.9. The molecule has 0 aromatic rings. The van der Waals surface area contributed by atoms with Gasteiger partial charge in [0.15, 0.2) is 12.2 Å². The zero-order valence-electron chi connectivity index (χ0n) is 62.8. The number of ether oxygens (including phenoxy) is 4. The van der Waals surface area contributed by atoms with Crippen LogP contribution in [0.25, 0.3) is 0 Å². The first-order valence-electron chi connectivity index (χ1n) is 39.9. The van der Waals surface area contributed by atoms with E-state index in [1.165, 1.54) is 205 Å². The number of carbonyl (C=O) groups excluding carboxylic acids is 4. The molecule has 0 spiro atoms. The molecule has 0 rings (SSSR count). The minimum atomic E-state index is -4.96. The van der Waals surface area contributed by atoms with E-state index in [-0.39, 0.29) is 25.7 Å². The number of hydrogen-bond acceptors (Lipinski definition) is 15. The maximum atomic E-state index is 13.1. The van der Waals surface area contributed by atoms with Gasteiger partial charge < -0.3 is 33.8 Å². The van der Waals surface area contributed by atoms with Crippen molar-refractivity contribution in [2.45, 2.75) is 414 Å². The molecule has 19 heteroatoms. The van der Waals surface area contributed by atoms with E-state index in [9.17, 15) is 43.2 Å². The summed E-state index contributed by atoms with van der Waals surface area (Å²) in [6.45, 7) is 11.9. The van der Waals surface area contributed by atoms with Crippen LogP contribution in [0.3, 0.4) is 0 Å². The molecule has 0 radical (unpaired) electrons. The van der Waals surface area contributed by atoms with Crippen molar-refractivity contribution in [2.24, 2.45) is 17.8 Å². The van der Waals surface area contributed by atoms with Crippen molar-refractivity contribution < 1.29 is 80.2 Å². The van der Waals surface area contributed by atoms with Crippen molar-refractivity contribution in [2.75, 3.05) is 39.6 Å². The Morgan fingerprint density at radius 3 is 0.792 bits per heavy atom. The number of hydrogen-bond donors (Lipinski definition) is 3. The molecule has 570 valence electrons. The molecule has 4 unspecified atom stereocenters. The van der Waals surface area contributed by atoms with Gasteiger partial charge in [0.1, 0.15) is 19.3 Å². The fraction of sp³-hybridized carbons (Fsp3) is 0.948. The zero-order valence-corrected chi connectivity index (χ0v) is 64.6. The summed E-state index contributed by atoms with van der Waals surface area (Å²) < 4.78 is 68.6. The number of esters is 4. The van der Waals surface area contributed by atoms with Gasteiger partial charge in [-0.3, -0.25) is 37.3 Å². The number of rotatable bonds is 75. The van der Waals surface area contributed by atoms with E-state index in [0.717, 1.165) is 108 Å². The standard InChI is InChI=1S/C77H150O17P2/c1-8-11-12-13-14-15-16-17-18-19-20-21-31-39-46-53-60-76(81)93-72(64-87-74(79)58-51-44-37-30-24-22-28-35-42-49-56-69(6)9-2)66-91-95(83,84)89-62-71(78)63-90-96(85,86)92-67-73(65-88-75(80)59-52-45-38-33-26-27-34-41-48-55-68(4)5)94-77(82)61-54-47-40-32-25-23-29-36-43-50-57-70(7)10-3/h68-73,78H,8-67H2,1-7H3,(H,83,84)(H,85,86)/t69?,70?,71-,72-,73-/m1/s1. The number of unbranched alkanes of at least 4 members (excludes halogenated alkanes) is 41. The Hall–Kier alpha value is -1.94. The Morgan fingerprint density at radius 1 is 0.302 bits per heavy atom. The summed E-state index contributed by atoms with van der Waals surface area (Å²) in [4.78, 5) is 72.9. The lowest BCUT2D eigenvalue weighted by Crippen LogP contribution is -2.30. The van der Waals surface area contributed by atoms with Gasteiger partial charge in [0.05, 0.1) is 26.4 Å².